The fourth-order valence-corrected chi connectivity index (χ4v) is 5.43. The normalized spacial score (nSPS) is 40.1. The van der Waals surface area contributed by atoms with Crippen molar-refractivity contribution in [2.75, 3.05) is 13.7 Å². The van der Waals surface area contributed by atoms with Gasteiger partial charge in [0.05, 0.1) is 7.11 Å². The third-order valence-corrected chi connectivity index (χ3v) is 6.30. The molecular weight excluding hydrogens is 302 g/mol. The summed E-state index contributed by atoms with van der Waals surface area (Å²) in [5.74, 6) is 1.81. The molecular formula is C17H18ClNO3. The highest BCUT2D eigenvalue weighted by atomic mass is 35.5. The lowest BCUT2D eigenvalue weighted by Crippen LogP contribution is -2.64. The van der Waals surface area contributed by atoms with Gasteiger partial charge < -0.3 is 19.9 Å². The molecule has 1 fully saturated rings. The van der Waals surface area contributed by atoms with Crippen molar-refractivity contribution < 1.29 is 14.6 Å². The van der Waals surface area contributed by atoms with Gasteiger partial charge in [-0.1, -0.05) is 23.8 Å². The Hall–Kier alpha value is -1.23. The first-order valence-corrected chi connectivity index (χ1v) is 8.21. The molecule has 2 aliphatic heterocycles. The summed E-state index contributed by atoms with van der Waals surface area (Å²) in [5, 5.41) is 14.9. The summed E-state index contributed by atoms with van der Waals surface area (Å²) in [4.78, 5) is 0. The highest BCUT2D eigenvalue weighted by Crippen LogP contribution is 2.62. The van der Waals surface area contributed by atoms with Crippen molar-refractivity contribution in [2.24, 2.45) is 5.92 Å². The predicted octanol–water partition coefficient (Wildman–Crippen LogP) is 1.81. The molecule has 1 aromatic carbocycles. The molecule has 0 saturated carbocycles. The summed E-state index contributed by atoms with van der Waals surface area (Å²) in [7, 11) is 1.64. The molecule has 1 saturated heterocycles. The van der Waals surface area contributed by atoms with Crippen LogP contribution in [0.25, 0.3) is 0 Å². The number of hydrogen-bond acceptors (Lipinski definition) is 4. The van der Waals surface area contributed by atoms with E-state index in [1.54, 1.807) is 7.11 Å². The molecule has 5 rings (SSSR count). The summed E-state index contributed by atoms with van der Waals surface area (Å²) in [6.07, 6.45) is 5.08. The summed E-state index contributed by atoms with van der Waals surface area (Å²) < 4.78 is 11.8. The molecule has 2 unspecified atom stereocenters. The third kappa shape index (κ3) is 1.33. The van der Waals surface area contributed by atoms with Crippen molar-refractivity contribution in [2.45, 2.75) is 36.5 Å². The van der Waals surface area contributed by atoms with Crippen LogP contribution in [0.1, 0.15) is 17.5 Å². The van der Waals surface area contributed by atoms with Gasteiger partial charge >= 0.3 is 0 Å². The Morgan fingerprint density at radius 1 is 1.45 bits per heavy atom. The van der Waals surface area contributed by atoms with E-state index in [4.69, 9.17) is 21.1 Å². The molecule has 1 spiro atoms. The Morgan fingerprint density at radius 2 is 2.32 bits per heavy atom. The zero-order valence-electron chi connectivity index (χ0n) is 12.3. The SMILES string of the molecule is COc1cc(Cl)c2c3c1O[C@H]1[C@@H](O)C=C[C@H]4C(C2)NCCC341. The monoisotopic (exact) mass is 319 g/mol. The second-order valence-corrected chi connectivity index (χ2v) is 7.15. The van der Waals surface area contributed by atoms with E-state index in [1.807, 2.05) is 12.1 Å². The molecule has 116 valence electrons. The quantitative estimate of drug-likeness (QED) is 0.775. The van der Waals surface area contributed by atoms with Gasteiger partial charge in [0.2, 0.25) is 0 Å². The van der Waals surface area contributed by atoms with Crippen molar-refractivity contribution in [3.63, 3.8) is 0 Å². The lowest BCUT2D eigenvalue weighted by molar-refractivity contribution is -0.0177. The van der Waals surface area contributed by atoms with E-state index in [-0.39, 0.29) is 11.5 Å². The van der Waals surface area contributed by atoms with Gasteiger partial charge in [-0.2, -0.15) is 0 Å². The molecule has 1 aromatic rings. The Kier molecular flexibility index (Phi) is 2.52. The molecule has 4 nitrogen and oxygen atoms in total. The first kappa shape index (κ1) is 13.2. The van der Waals surface area contributed by atoms with Crippen LogP contribution in [0.3, 0.4) is 0 Å². The van der Waals surface area contributed by atoms with Crippen molar-refractivity contribution in [3.8, 4) is 11.5 Å². The van der Waals surface area contributed by atoms with Crippen LogP contribution < -0.4 is 14.8 Å². The number of benzene rings is 1. The largest absolute Gasteiger partial charge is 0.493 e. The van der Waals surface area contributed by atoms with Crippen LogP contribution in [0.4, 0.5) is 0 Å². The van der Waals surface area contributed by atoms with Crippen LogP contribution in [0.5, 0.6) is 11.5 Å². The molecule has 2 N–H and O–H groups in total. The second kappa shape index (κ2) is 4.19. The van der Waals surface area contributed by atoms with Gasteiger partial charge in [-0.25, -0.2) is 0 Å². The van der Waals surface area contributed by atoms with Gasteiger partial charge in [0.1, 0.15) is 12.2 Å². The Morgan fingerprint density at radius 3 is 3.14 bits per heavy atom. The van der Waals surface area contributed by atoms with Crippen LogP contribution in [0.15, 0.2) is 18.2 Å². The minimum absolute atomic E-state index is 0.175. The number of rotatable bonds is 1. The number of halogens is 1. The standard InChI is InChI=1S/C17H18ClNO3/c1-21-13-7-10(18)8-6-11-9-2-3-12(20)16-17(9,4-5-19-11)14(8)15(13)22-16/h2-3,7,9,11-12,16,19-20H,4-6H2,1H3/t9-,11?,12-,16-,17?/m0/s1. The lowest BCUT2D eigenvalue weighted by atomic mass is 9.53. The van der Waals surface area contributed by atoms with Crippen LogP contribution in [-0.4, -0.2) is 37.0 Å². The predicted molar refractivity (Wildman–Crippen MR) is 82.8 cm³/mol. The van der Waals surface area contributed by atoms with Crippen LogP contribution in [0, 0.1) is 5.92 Å². The van der Waals surface area contributed by atoms with E-state index in [1.165, 1.54) is 5.56 Å². The summed E-state index contributed by atoms with van der Waals surface area (Å²) >= 11 is 6.55. The van der Waals surface area contributed by atoms with Crippen LogP contribution >= 0.6 is 11.6 Å². The fourth-order valence-electron chi connectivity index (χ4n) is 5.16. The Labute approximate surface area is 134 Å². The van der Waals surface area contributed by atoms with E-state index in [9.17, 15) is 5.11 Å². The van der Waals surface area contributed by atoms with Gasteiger partial charge in [0, 0.05) is 34.0 Å². The van der Waals surface area contributed by atoms with Crippen molar-refractivity contribution in [3.05, 3.63) is 34.4 Å². The van der Waals surface area contributed by atoms with Crippen LogP contribution in [0.2, 0.25) is 5.02 Å². The number of methoxy groups -OCH3 is 1. The molecule has 2 aliphatic carbocycles. The van der Waals surface area contributed by atoms with Gasteiger partial charge in [-0.05, 0) is 24.9 Å². The zero-order valence-corrected chi connectivity index (χ0v) is 13.1. The molecule has 4 aliphatic rings. The maximum atomic E-state index is 10.5. The average molecular weight is 320 g/mol. The van der Waals surface area contributed by atoms with Gasteiger partial charge in [-0.15, -0.1) is 0 Å². The molecule has 22 heavy (non-hydrogen) atoms. The minimum Gasteiger partial charge on any atom is -0.493 e. The lowest BCUT2D eigenvalue weighted by Gasteiger charge is -2.53. The van der Waals surface area contributed by atoms with Gasteiger partial charge in [0.15, 0.2) is 11.5 Å². The molecule has 0 radical (unpaired) electrons. The Balaban J connectivity index is 1.86. The van der Waals surface area contributed by atoms with Gasteiger partial charge in [0.25, 0.3) is 0 Å². The number of hydrogen-bond donors (Lipinski definition) is 2. The molecule has 5 heteroatoms. The van der Waals surface area contributed by atoms with Crippen LogP contribution in [-0.2, 0) is 11.8 Å². The fraction of sp³-hybridized carbons (Fsp3) is 0.529. The highest BCUT2D eigenvalue weighted by Gasteiger charge is 2.63. The average Bonchev–Trinajstić information content (AvgIpc) is 2.84. The summed E-state index contributed by atoms with van der Waals surface area (Å²) in [6.45, 7) is 0.940. The first-order chi connectivity index (χ1) is 10.7. The van der Waals surface area contributed by atoms with E-state index in [0.29, 0.717) is 17.7 Å². The minimum atomic E-state index is -0.586. The van der Waals surface area contributed by atoms with E-state index >= 15 is 0 Å². The summed E-state index contributed by atoms with van der Waals surface area (Å²) in [5.41, 5.74) is 2.18. The van der Waals surface area contributed by atoms with E-state index in [0.717, 1.165) is 35.7 Å². The summed E-state index contributed by atoms with van der Waals surface area (Å²) in [6, 6.07) is 2.20. The molecule has 0 amide bonds. The highest BCUT2D eigenvalue weighted by molar-refractivity contribution is 6.31. The number of nitrogens with one attached hydrogen (secondary N) is 1. The van der Waals surface area contributed by atoms with Crippen molar-refractivity contribution in [1.29, 1.82) is 0 Å². The van der Waals surface area contributed by atoms with Crippen molar-refractivity contribution >= 4 is 11.6 Å². The molecule has 2 bridgehead atoms. The number of aliphatic hydroxyl groups excluding tert-OH is 1. The maximum absolute atomic E-state index is 10.5. The first-order valence-electron chi connectivity index (χ1n) is 7.83. The maximum Gasteiger partial charge on any atom is 0.166 e. The van der Waals surface area contributed by atoms with Gasteiger partial charge in [-0.3, -0.25) is 0 Å². The zero-order chi connectivity index (χ0) is 15.1. The molecule has 5 atom stereocenters. The Bertz CT molecular complexity index is 704. The van der Waals surface area contributed by atoms with E-state index < -0.39 is 6.10 Å². The molecule has 2 heterocycles. The second-order valence-electron chi connectivity index (χ2n) is 6.74. The van der Waals surface area contributed by atoms with E-state index in [2.05, 4.69) is 11.4 Å². The number of aliphatic hydroxyl groups is 1. The molecule has 0 aromatic heterocycles. The number of ether oxygens (including phenoxy) is 2. The topological polar surface area (TPSA) is 50.7 Å². The number of piperidine rings is 1. The van der Waals surface area contributed by atoms with Crippen molar-refractivity contribution in [1.82, 2.24) is 5.32 Å². The smallest absolute Gasteiger partial charge is 0.166 e. The third-order valence-electron chi connectivity index (χ3n) is 5.96.